The van der Waals surface area contributed by atoms with Crippen LogP contribution >= 0.6 is 0 Å². The third kappa shape index (κ3) is 2.91. The van der Waals surface area contributed by atoms with Gasteiger partial charge in [0.2, 0.25) is 0 Å². The number of aryl methyl sites for hydroxylation is 2. The summed E-state index contributed by atoms with van der Waals surface area (Å²) in [6.45, 7) is 2.01. The Morgan fingerprint density at radius 2 is 2.18 bits per heavy atom. The fourth-order valence-corrected chi connectivity index (χ4v) is 1.89. The second kappa shape index (κ2) is 5.10. The maximum absolute atomic E-state index is 4.55. The number of pyridine rings is 1. The van der Waals surface area contributed by atoms with Crippen molar-refractivity contribution in [3.05, 3.63) is 47.5 Å². The normalized spacial score (nSPS) is 12.6. The van der Waals surface area contributed by atoms with Crippen molar-refractivity contribution >= 4 is 0 Å². The molecule has 0 amide bonds. The molecule has 0 aromatic carbocycles. The molecule has 1 atom stereocenters. The highest BCUT2D eigenvalue weighted by molar-refractivity contribution is 5.16. The first-order valence-corrected chi connectivity index (χ1v) is 5.78. The molecule has 0 aliphatic heterocycles. The van der Waals surface area contributed by atoms with Gasteiger partial charge in [-0.25, -0.2) is 0 Å². The lowest BCUT2D eigenvalue weighted by Gasteiger charge is -2.14. The third-order valence-electron chi connectivity index (χ3n) is 2.80. The minimum absolute atomic E-state index is 0.213. The average molecular weight is 230 g/mol. The number of nitrogens with one attached hydrogen (secondary N) is 1. The van der Waals surface area contributed by atoms with Crippen molar-refractivity contribution in [2.45, 2.75) is 19.4 Å². The number of rotatable bonds is 4. The van der Waals surface area contributed by atoms with Crippen LogP contribution in [0.15, 0.2) is 30.5 Å². The Balaban J connectivity index is 2.16. The van der Waals surface area contributed by atoms with Crippen LogP contribution < -0.4 is 5.32 Å². The van der Waals surface area contributed by atoms with Gasteiger partial charge in [-0.1, -0.05) is 6.07 Å². The second-order valence-corrected chi connectivity index (χ2v) is 4.23. The van der Waals surface area contributed by atoms with E-state index in [4.69, 9.17) is 0 Å². The summed E-state index contributed by atoms with van der Waals surface area (Å²) in [6, 6.07) is 8.36. The zero-order valence-corrected chi connectivity index (χ0v) is 10.5. The standard InChI is InChI=1S/C13H18N4/c1-10-5-4-6-12(15-10)13(14-2)9-11-7-8-17(3)16-11/h4-8,13-14H,9H2,1-3H3. The van der Waals surface area contributed by atoms with Gasteiger partial charge < -0.3 is 5.32 Å². The van der Waals surface area contributed by atoms with Crippen molar-refractivity contribution in [3.8, 4) is 0 Å². The molecular weight excluding hydrogens is 212 g/mol. The molecule has 0 saturated carbocycles. The predicted octanol–water partition coefficient (Wildman–Crippen LogP) is 1.63. The Bertz CT molecular complexity index is 490. The van der Waals surface area contributed by atoms with Crippen LogP contribution in [0.3, 0.4) is 0 Å². The Morgan fingerprint density at radius 1 is 1.35 bits per heavy atom. The van der Waals surface area contributed by atoms with Gasteiger partial charge in [0.25, 0.3) is 0 Å². The maximum atomic E-state index is 4.55. The largest absolute Gasteiger partial charge is 0.311 e. The molecule has 2 heterocycles. The smallest absolute Gasteiger partial charge is 0.0644 e. The van der Waals surface area contributed by atoms with E-state index in [-0.39, 0.29) is 6.04 Å². The minimum Gasteiger partial charge on any atom is -0.311 e. The van der Waals surface area contributed by atoms with Gasteiger partial charge in [-0.3, -0.25) is 9.67 Å². The van der Waals surface area contributed by atoms with E-state index in [9.17, 15) is 0 Å². The molecule has 2 aromatic rings. The SMILES string of the molecule is CNC(Cc1ccn(C)n1)c1cccc(C)n1. The first-order chi connectivity index (χ1) is 8.19. The van der Waals surface area contributed by atoms with E-state index in [1.165, 1.54) is 0 Å². The molecule has 4 heteroatoms. The summed E-state index contributed by atoms with van der Waals surface area (Å²) in [6.07, 6.45) is 2.82. The van der Waals surface area contributed by atoms with E-state index in [0.29, 0.717) is 0 Å². The van der Waals surface area contributed by atoms with Crippen LogP contribution in [0.2, 0.25) is 0 Å². The zero-order valence-electron chi connectivity index (χ0n) is 10.5. The van der Waals surface area contributed by atoms with E-state index in [1.54, 1.807) is 0 Å². The number of likely N-dealkylation sites (N-methyl/N-ethyl adjacent to an activating group) is 1. The van der Waals surface area contributed by atoms with E-state index in [0.717, 1.165) is 23.5 Å². The topological polar surface area (TPSA) is 42.7 Å². The Kier molecular flexibility index (Phi) is 3.54. The molecule has 4 nitrogen and oxygen atoms in total. The lowest BCUT2D eigenvalue weighted by atomic mass is 10.1. The van der Waals surface area contributed by atoms with Crippen LogP contribution in [-0.4, -0.2) is 21.8 Å². The highest BCUT2D eigenvalue weighted by Crippen LogP contribution is 2.15. The molecule has 0 fully saturated rings. The van der Waals surface area contributed by atoms with Crippen LogP contribution in [-0.2, 0) is 13.5 Å². The highest BCUT2D eigenvalue weighted by atomic mass is 15.2. The Labute approximate surface area is 102 Å². The van der Waals surface area contributed by atoms with Gasteiger partial charge >= 0.3 is 0 Å². The quantitative estimate of drug-likeness (QED) is 0.868. The zero-order chi connectivity index (χ0) is 12.3. The van der Waals surface area contributed by atoms with Crippen LogP contribution in [0, 0.1) is 6.92 Å². The van der Waals surface area contributed by atoms with Gasteiger partial charge in [-0.05, 0) is 32.2 Å². The summed E-state index contributed by atoms with van der Waals surface area (Å²) in [5, 5.41) is 7.69. The van der Waals surface area contributed by atoms with Crippen molar-refractivity contribution in [1.82, 2.24) is 20.1 Å². The fraction of sp³-hybridized carbons (Fsp3) is 0.385. The molecule has 1 N–H and O–H groups in total. The third-order valence-corrected chi connectivity index (χ3v) is 2.80. The van der Waals surface area contributed by atoms with Crippen LogP contribution in [0.1, 0.15) is 23.1 Å². The summed E-state index contributed by atoms with van der Waals surface area (Å²) in [4.78, 5) is 4.55. The van der Waals surface area contributed by atoms with Gasteiger partial charge in [0.05, 0.1) is 17.4 Å². The summed E-state index contributed by atoms with van der Waals surface area (Å²) >= 11 is 0. The molecular formula is C13H18N4. The van der Waals surface area contributed by atoms with Crippen LogP contribution in [0.25, 0.3) is 0 Å². The number of aromatic nitrogens is 3. The van der Waals surface area contributed by atoms with Gasteiger partial charge in [0.1, 0.15) is 0 Å². The van der Waals surface area contributed by atoms with Crippen molar-refractivity contribution in [1.29, 1.82) is 0 Å². The first-order valence-electron chi connectivity index (χ1n) is 5.78. The monoisotopic (exact) mass is 230 g/mol. The number of nitrogens with zero attached hydrogens (tertiary/aromatic N) is 3. The Hall–Kier alpha value is -1.68. The second-order valence-electron chi connectivity index (χ2n) is 4.23. The van der Waals surface area contributed by atoms with Crippen molar-refractivity contribution in [2.75, 3.05) is 7.05 Å². The maximum Gasteiger partial charge on any atom is 0.0644 e. The van der Waals surface area contributed by atoms with Crippen molar-refractivity contribution in [2.24, 2.45) is 7.05 Å². The van der Waals surface area contributed by atoms with Gasteiger partial charge in [-0.15, -0.1) is 0 Å². The molecule has 0 spiro atoms. The molecule has 0 saturated heterocycles. The Morgan fingerprint density at radius 3 is 2.76 bits per heavy atom. The van der Waals surface area contributed by atoms with E-state index in [2.05, 4.69) is 21.5 Å². The number of hydrogen-bond acceptors (Lipinski definition) is 3. The molecule has 90 valence electrons. The molecule has 17 heavy (non-hydrogen) atoms. The molecule has 2 rings (SSSR count). The van der Waals surface area contributed by atoms with Crippen LogP contribution in [0.5, 0.6) is 0 Å². The minimum atomic E-state index is 0.213. The molecule has 0 bridgehead atoms. The summed E-state index contributed by atoms with van der Waals surface area (Å²) in [5.41, 5.74) is 3.19. The van der Waals surface area contributed by atoms with Crippen molar-refractivity contribution < 1.29 is 0 Å². The van der Waals surface area contributed by atoms with Gasteiger partial charge in [-0.2, -0.15) is 5.10 Å². The average Bonchev–Trinajstić information content (AvgIpc) is 2.72. The predicted molar refractivity (Wildman–Crippen MR) is 67.7 cm³/mol. The van der Waals surface area contributed by atoms with Gasteiger partial charge in [0, 0.05) is 25.4 Å². The van der Waals surface area contributed by atoms with E-state index >= 15 is 0 Å². The molecule has 0 radical (unpaired) electrons. The van der Waals surface area contributed by atoms with E-state index in [1.807, 2.05) is 50.1 Å². The number of hydrogen-bond donors (Lipinski definition) is 1. The van der Waals surface area contributed by atoms with Crippen molar-refractivity contribution in [3.63, 3.8) is 0 Å². The summed E-state index contributed by atoms with van der Waals surface area (Å²) in [5.74, 6) is 0. The lowest BCUT2D eigenvalue weighted by molar-refractivity contribution is 0.561. The highest BCUT2D eigenvalue weighted by Gasteiger charge is 2.12. The van der Waals surface area contributed by atoms with E-state index < -0.39 is 0 Å². The first kappa shape index (κ1) is 11.8. The molecule has 0 aliphatic carbocycles. The fourth-order valence-electron chi connectivity index (χ4n) is 1.89. The van der Waals surface area contributed by atoms with Gasteiger partial charge in [0.15, 0.2) is 0 Å². The lowest BCUT2D eigenvalue weighted by Crippen LogP contribution is -2.20. The molecule has 0 aliphatic rings. The van der Waals surface area contributed by atoms with Crippen LogP contribution in [0.4, 0.5) is 0 Å². The summed E-state index contributed by atoms with van der Waals surface area (Å²) < 4.78 is 1.83. The summed E-state index contributed by atoms with van der Waals surface area (Å²) in [7, 11) is 3.89. The molecule has 1 unspecified atom stereocenters. The molecule has 2 aromatic heterocycles.